The molecule has 51 heavy (non-hydrogen) atoms. The van der Waals surface area contributed by atoms with Crippen LogP contribution in [0.1, 0.15) is 11.1 Å². The van der Waals surface area contributed by atoms with Crippen LogP contribution in [0, 0.1) is 0 Å². The molecule has 6 aromatic rings. The van der Waals surface area contributed by atoms with Crippen molar-refractivity contribution in [1.82, 2.24) is 4.90 Å². The van der Waals surface area contributed by atoms with E-state index in [0.717, 1.165) is 56.9 Å². The number of anilines is 6. The molecule has 0 saturated carbocycles. The molecule has 0 bridgehead atoms. The molecule has 0 unspecified atom stereocenters. The standard InChI is InChI=1S/C44H31N7/c1-5-14-34(15-6-1)49(35-16-7-2-8-17-35)38-28-24-32(25-29-38)42-45-40-22-13-23-41-46-43(48-44(47-42)51(40)41)33-26-30-39(31-27-33)50(36-18-9-3-10-19-36)37-20-11-4-12-21-37/h1-31H. The van der Waals surface area contributed by atoms with Crippen LogP contribution in [0.15, 0.2) is 214 Å². The Bertz CT molecular complexity index is 2170. The molecule has 0 N–H and O–H groups in total. The lowest BCUT2D eigenvalue weighted by Crippen LogP contribution is -2.41. The number of rotatable bonds is 8. The summed E-state index contributed by atoms with van der Waals surface area (Å²) in [5.41, 5.74) is 8.20. The third-order valence-corrected chi connectivity index (χ3v) is 8.83. The van der Waals surface area contributed by atoms with Crippen molar-refractivity contribution in [3.8, 4) is 0 Å². The molecule has 0 amide bonds. The van der Waals surface area contributed by atoms with E-state index in [-0.39, 0.29) is 0 Å². The van der Waals surface area contributed by atoms with E-state index >= 15 is 0 Å². The van der Waals surface area contributed by atoms with Crippen molar-refractivity contribution in [2.45, 2.75) is 0 Å². The molecule has 0 spiro atoms. The number of allylic oxidation sites excluding steroid dienone is 2. The van der Waals surface area contributed by atoms with Gasteiger partial charge >= 0.3 is 0 Å². The molecule has 6 aromatic carbocycles. The van der Waals surface area contributed by atoms with Crippen molar-refractivity contribution >= 4 is 57.6 Å². The minimum absolute atomic E-state index is 0.536. The first-order valence-electron chi connectivity index (χ1n) is 16.8. The molecule has 242 valence electrons. The molecule has 7 heteroatoms. The Labute approximate surface area is 296 Å². The van der Waals surface area contributed by atoms with Crippen molar-refractivity contribution in [1.29, 1.82) is 0 Å². The van der Waals surface area contributed by atoms with Gasteiger partial charge in [0.2, 0.25) is 5.96 Å². The maximum Gasteiger partial charge on any atom is 0.241 e. The van der Waals surface area contributed by atoms with Crippen LogP contribution in [-0.4, -0.2) is 28.4 Å². The fraction of sp³-hybridized carbons (Fsp3) is 0. The fourth-order valence-electron chi connectivity index (χ4n) is 6.43. The predicted octanol–water partition coefficient (Wildman–Crippen LogP) is 10.3. The van der Waals surface area contributed by atoms with Crippen LogP contribution >= 0.6 is 0 Å². The number of hydrogen-bond acceptors (Lipinski definition) is 7. The quantitative estimate of drug-likeness (QED) is 0.164. The van der Waals surface area contributed by atoms with E-state index in [1.54, 1.807) is 0 Å². The average Bonchev–Trinajstić information content (AvgIpc) is 3.20. The third kappa shape index (κ3) is 5.83. The number of para-hydroxylation sites is 4. The number of amidine groups is 3. The van der Waals surface area contributed by atoms with Gasteiger partial charge in [-0.3, -0.25) is 0 Å². The molecule has 0 radical (unpaired) electrons. The Morgan fingerprint density at radius 2 is 0.765 bits per heavy atom. The van der Waals surface area contributed by atoms with Gasteiger partial charge in [-0.1, -0.05) is 78.9 Å². The molecule has 9 rings (SSSR count). The lowest BCUT2D eigenvalue weighted by Gasteiger charge is -2.31. The van der Waals surface area contributed by atoms with Crippen LogP contribution in [-0.2, 0) is 0 Å². The van der Waals surface area contributed by atoms with Crippen molar-refractivity contribution in [3.05, 3.63) is 205 Å². The molecule has 0 aliphatic carbocycles. The molecule has 3 aliphatic rings. The van der Waals surface area contributed by atoms with Gasteiger partial charge in [-0.05, 0) is 109 Å². The summed E-state index contributed by atoms with van der Waals surface area (Å²) in [7, 11) is 0. The highest BCUT2D eigenvalue weighted by Crippen LogP contribution is 2.36. The van der Waals surface area contributed by atoms with E-state index in [9.17, 15) is 0 Å². The van der Waals surface area contributed by atoms with Gasteiger partial charge in [0.15, 0.2) is 11.7 Å². The number of nitrogens with zero attached hydrogens (tertiary/aromatic N) is 7. The second kappa shape index (κ2) is 13.1. The second-order valence-electron chi connectivity index (χ2n) is 12.1. The van der Waals surface area contributed by atoms with E-state index in [1.165, 1.54) is 0 Å². The summed E-state index contributed by atoms with van der Waals surface area (Å²) in [5.74, 6) is 3.20. The smallest absolute Gasteiger partial charge is 0.241 e. The Balaban J connectivity index is 1.04. The van der Waals surface area contributed by atoms with Crippen molar-refractivity contribution in [2.24, 2.45) is 20.0 Å². The first-order chi connectivity index (χ1) is 25.3. The normalized spacial score (nSPS) is 14.4. The topological polar surface area (TPSA) is 59.2 Å². The summed E-state index contributed by atoms with van der Waals surface area (Å²) in [6.07, 6.45) is 5.90. The van der Waals surface area contributed by atoms with Crippen LogP contribution in [0.2, 0.25) is 0 Å². The number of aliphatic imine (C=N–C) groups is 4. The Morgan fingerprint density at radius 3 is 1.20 bits per heavy atom. The molecule has 0 saturated heterocycles. The summed E-state index contributed by atoms with van der Waals surface area (Å²) < 4.78 is 0. The molecule has 0 fully saturated rings. The summed E-state index contributed by atoms with van der Waals surface area (Å²) in [6.45, 7) is 0. The van der Waals surface area contributed by atoms with Crippen LogP contribution in [0.5, 0.6) is 0 Å². The van der Waals surface area contributed by atoms with Crippen molar-refractivity contribution in [2.75, 3.05) is 9.80 Å². The summed E-state index contributed by atoms with van der Waals surface area (Å²) in [6, 6.07) is 58.2. The Hall–Kier alpha value is -7.12. The summed E-state index contributed by atoms with van der Waals surface area (Å²) in [5, 5.41) is 0. The van der Waals surface area contributed by atoms with Gasteiger partial charge in [0.25, 0.3) is 0 Å². The molecule has 7 nitrogen and oxygen atoms in total. The highest BCUT2D eigenvalue weighted by molar-refractivity contribution is 6.25. The summed E-state index contributed by atoms with van der Waals surface area (Å²) >= 11 is 0. The molecule has 3 heterocycles. The van der Waals surface area contributed by atoms with Crippen molar-refractivity contribution < 1.29 is 0 Å². The first kappa shape index (κ1) is 30.0. The zero-order valence-corrected chi connectivity index (χ0v) is 27.5. The van der Waals surface area contributed by atoms with Crippen molar-refractivity contribution in [3.63, 3.8) is 0 Å². The average molecular weight is 658 g/mol. The molecule has 0 aromatic heterocycles. The van der Waals surface area contributed by atoms with E-state index in [2.05, 4.69) is 155 Å². The zero-order chi connectivity index (χ0) is 34.0. The van der Waals surface area contributed by atoms with Gasteiger partial charge in [0, 0.05) is 45.3 Å². The zero-order valence-electron chi connectivity index (χ0n) is 27.5. The lowest BCUT2D eigenvalue weighted by molar-refractivity contribution is 0.711. The SMILES string of the molecule is C1=CC2=NC(c3ccc(N(c4ccccc4)c4ccccc4)cc3)=NC3=NC(c4ccc(N(c5ccccc5)c5ccccc5)cc4)=NC(=C1)N23. The van der Waals surface area contributed by atoms with Crippen LogP contribution in [0.3, 0.4) is 0 Å². The number of benzene rings is 6. The lowest BCUT2D eigenvalue weighted by atomic mass is 10.1. The largest absolute Gasteiger partial charge is 0.311 e. The molecular weight excluding hydrogens is 627 g/mol. The summed E-state index contributed by atoms with van der Waals surface area (Å²) in [4.78, 5) is 26.2. The minimum atomic E-state index is 0.536. The highest BCUT2D eigenvalue weighted by atomic mass is 15.4. The van der Waals surface area contributed by atoms with Gasteiger partial charge in [0.05, 0.1) is 0 Å². The van der Waals surface area contributed by atoms with E-state index in [4.69, 9.17) is 20.0 Å². The van der Waals surface area contributed by atoms with Crippen LogP contribution in [0.25, 0.3) is 0 Å². The third-order valence-electron chi connectivity index (χ3n) is 8.83. The Kier molecular flexibility index (Phi) is 7.68. The molecule has 3 aliphatic heterocycles. The first-order valence-corrected chi connectivity index (χ1v) is 16.8. The van der Waals surface area contributed by atoms with Gasteiger partial charge in [-0.15, -0.1) is 0 Å². The maximum atomic E-state index is 4.98. The number of guanidine groups is 1. The second-order valence-corrected chi connectivity index (χ2v) is 12.1. The van der Waals surface area contributed by atoms with Gasteiger partial charge < -0.3 is 9.80 Å². The van der Waals surface area contributed by atoms with Crippen LogP contribution in [0.4, 0.5) is 34.1 Å². The Morgan fingerprint density at radius 1 is 0.373 bits per heavy atom. The van der Waals surface area contributed by atoms with Gasteiger partial charge in [-0.2, -0.15) is 9.98 Å². The monoisotopic (exact) mass is 657 g/mol. The minimum Gasteiger partial charge on any atom is -0.311 e. The van der Waals surface area contributed by atoms with E-state index in [0.29, 0.717) is 17.6 Å². The molecular formula is C44H31N7. The maximum absolute atomic E-state index is 4.98. The van der Waals surface area contributed by atoms with Crippen LogP contribution < -0.4 is 9.80 Å². The van der Waals surface area contributed by atoms with E-state index in [1.807, 2.05) is 47.4 Å². The fourth-order valence-corrected chi connectivity index (χ4v) is 6.43. The van der Waals surface area contributed by atoms with E-state index < -0.39 is 0 Å². The number of hydrogen-bond donors (Lipinski definition) is 0. The van der Waals surface area contributed by atoms with Gasteiger partial charge in [-0.25, -0.2) is 14.9 Å². The highest BCUT2D eigenvalue weighted by Gasteiger charge is 2.31. The predicted molar refractivity (Wildman–Crippen MR) is 209 cm³/mol. The van der Waals surface area contributed by atoms with Gasteiger partial charge in [0.1, 0.15) is 11.7 Å². The molecule has 0 atom stereocenters.